The van der Waals surface area contributed by atoms with Gasteiger partial charge in [-0.05, 0) is 46.6 Å². The first kappa shape index (κ1) is 13.6. The highest BCUT2D eigenvalue weighted by Crippen LogP contribution is 2.29. The summed E-state index contributed by atoms with van der Waals surface area (Å²) in [6.45, 7) is 1.92. The van der Waals surface area contributed by atoms with Crippen molar-refractivity contribution in [2.45, 2.75) is 6.92 Å². The highest BCUT2D eigenvalue weighted by molar-refractivity contribution is 9.10. The van der Waals surface area contributed by atoms with E-state index in [-0.39, 0.29) is 5.95 Å². The van der Waals surface area contributed by atoms with Gasteiger partial charge in [-0.1, -0.05) is 6.07 Å². The van der Waals surface area contributed by atoms with Crippen molar-refractivity contribution in [2.24, 2.45) is 0 Å². The number of nitrogen functional groups attached to an aromatic ring is 1. The summed E-state index contributed by atoms with van der Waals surface area (Å²) in [5.41, 5.74) is 9.35. The van der Waals surface area contributed by atoms with Gasteiger partial charge < -0.3 is 5.73 Å². The summed E-state index contributed by atoms with van der Waals surface area (Å²) < 4.78 is 15.7. The standard InChI is InChI=1S/C15H10BrFN4/c1-8-2-3-9(7-18)4-13(8)21-14-5-10(16)11(17)6-12(14)20-15(21)19/h2-6H,1H3,(H2,19,20). The Kier molecular flexibility index (Phi) is 3.15. The average molecular weight is 345 g/mol. The minimum absolute atomic E-state index is 0.251. The molecule has 0 aliphatic carbocycles. The summed E-state index contributed by atoms with van der Waals surface area (Å²) >= 11 is 3.17. The summed E-state index contributed by atoms with van der Waals surface area (Å²) in [6.07, 6.45) is 0. The number of anilines is 1. The van der Waals surface area contributed by atoms with Gasteiger partial charge in [-0.3, -0.25) is 4.57 Å². The molecule has 2 N–H and O–H groups in total. The molecule has 4 nitrogen and oxygen atoms in total. The topological polar surface area (TPSA) is 67.6 Å². The Labute approximate surface area is 128 Å². The van der Waals surface area contributed by atoms with Crippen molar-refractivity contribution in [1.29, 1.82) is 5.26 Å². The molecule has 0 atom stereocenters. The fraction of sp³-hybridized carbons (Fsp3) is 0.0667. The number of nitriles is 1. The lowest BCUT2D eigenvalue weighted by Crippen LogP contribution is -2.03. The number of nitrogens with two attached hydrogens (primary N) is 1. The summed E-state index contributed by atoms with van der Waals surface area (Å²) in [5.74, 6) is -0.143. The SMILES string of the molecule is Cc1ccc(C#N)cc1-n1c(N)nc2cc(F)c(Br)cc21. The van der Waals surface area contributed by atoms with Gasteiger partial charge in [-0.15, -0.1) is 0 Å². The Morgan fingerprint density at radius 3 is 2.81 bits per heavy atom. The van der Waals surface area contributed by atoms with Crippen LogP contribution in [0.2, 0.25) is 0 Å². The van der Waals surface area contributed by atoms with Crippen LogP contribution in [0.1, 0.15) is 11.1 Å². The van der Waals surface area contributed by atoms with Crippen LogP contribution >= 0.6 is 15.9 Å². The first-order valence-electron chi connectivity index (χ1n) is 6.15. The van der Waals surface area contributed by atoms with Crippen molar-refractivity contribution in [2.75, 3.05) is 5.73 Å². The van der Waals surface area contributed by atoms with E-state index < -0.39 is 5.82 Å². The Hall–Kier alpha value is -2.39. The lowest BCUT2D eigenvalue weighted by Gasteiger charge is -2.10. The van der Waals surface area contributed by atoms with Gasteiger partial charge in [0.2, 0.25) is 5.95 Å². The molecule has 0 radical (unpaired) electrons. The lowest BCUT2D eigenvalue weighted by molar-refractivity contribution is 0.623. The number of imidazole rings is 1. The van der Waals surface area contributed by atoms with E-state index in [1.807, 2.05) is 13.0 Å². The van der Waals surface area contributed by atoms with E-state index in [9.17, 15) is 4.39 Å². The zero-order valence-electron chi connectivity index (χ0n) is 11.1. The number of fused-ring (bicyclic) bond motifs is 1. The van der Waals surface area contributed by atoms with Crippen molar-refractivity contribution >= 4 is 32.9 Å². The molecule has 0 unspecified atom stereocenters. The second-order valence-corrected chi connectivity index (χ2v) is 5.53. The molecule has 1 heterocycles. The van der Waals surface area contributed by atoms with Crippen LogP contribution in [0.3, 0.4) is 0 Å². The van der Waals surface area contributed by atoms with Crippen LogP contribution < -0.4 is 5.73 Å². The number of aromatic nitrogens is 2. The van der Waals surface area contributed by atoms with Crippen molar-refractivity contribution in [3.8, 4) is 11.8 Å². The third-order valence-electron chi connectivity index (χ3n) is 3.30. The zero-order valence-corrected chi connectivity index (χ0v) is 12.6. The van der Waals surface area contributed by atoms with Crippen LogP contribution in [-0.4, -0.2) is 9.55 Å². The van der Waals surface area contributed by atoms with E-state index in [2.05, 4.69) is 27.0 Å². The van der Waals surface area contributed by atoms with Crippen molar-refractivity contribution in [3.05, 3.63) is 51.7 Å². The number of benzene rings is 2. The van der Waals surface area contributed by atoms with Gasteiger partial charge in [0.1, 0.15) is 5.82 Å². The summed E-state index contributed by atoms with van der Waals surface area (Å²) in [7, 11) is 0. The second-order valence-electron chi connectivity index (χ2n) is 4.67. The predicted octanol–water partition coefficient (Wildman–Crippen LogP) is 3.69. The monoisotopic (exact) mass is 344 g/mol. The summed E-state index contributed by atoms with van der Waals surface area (Å²) in [5, 5.41) is 9.05. The fourth-order valence-corrected chi connectivity index (χ4v) is 2.60. The molecule has 0 amide bonds. The molecule has 0 saturated carbocycles. The Morgan fingerprint density at radius 2 is 2.10 bits per heavy atom. The molecular weight excluding hydrogens is 335 g/mol. The average Bonchev–Trinajstić information content (AvgIpc) is 2.75. The Balaban J connectivity index is 2.38. The van der Waals surface area contributed by atoms with Crippen LogP contribution in [0.15, 0.2) is 34.8 Å². The molecule has 3 aromatic rings. The molecule has 0 saturated heterocycles. The van der Waals surface area contributed by atoms with Crippen molar-refractivity contribution in [1.82, 2.24) is 9.55 Å². The Bertz CT molecular complexity index is 908. The van der Waals surface area contributed by atoms with Gasteiger partial charge in [0.25, 0.3) is 0 Å². The minimum atomic E-state index is -0.394. The highest BCUT2D eigenvalue weighted by Gasteiger charge is 2.14. The van der Waals surface area contributed by atoms with Gasteiger partial charge in [-0.2, -0.15) is 5.26 Å². The molecule has 0 aliphatic heterocycles. The molecule has 0 aliphatic rings. The number of rotatable bonds is 1. The molecule has 21 heavy (non-hydrogen) atoms. The third kappa shape index (κ3) is 2.16. The fourth-order valence-electron chi connectivity index (χ4n) is 2.26. The van der Waals surface area contributed by atoms with E-state index in [1.165, 1.54) is 6.07 Å². The lowest BCUT2D eigenvalue weighted by atomic mass is 10.1. The van der Waals surface area contributed by atoms with Crippen molar-refractivity contribution < 1.29 is 4.39 Å². The highest BCUT2D eigenvalue weighted by atomic mass is 79.9. The quantitative estimate of drug-likeness (QED) is 0.731. The van der Waals surface area contributed by atoms with Crippen LogP contribution in [-0.2, 0) is 0 Å². The number of hydrogen-bond donors (Lipinski definition) is 1. The van der Waals surface area contributed by atoms with Gasteiger partial charge in [0, 0.05) is 6.07 Å². The smallest absolute Gasteiger partial charge is 0.205 e. The van der Waals surface area contributed by atoms with E-state index >= 15 is 0 Å². The summed E-state index contributed by atoms with van der Waals surface area (Å²) in [4.78, 5) is 4.19. The maximum atomic E-state index is 13.6. The largest absolute Gasteiger partial charge is 0.369 e. The molecule has 6 heteroatoms. The van der Waals surface area contributed by atoms with Gasteiger partial charge in [0.15, 0.2) is 0 Å². The first-order valence-corrected chi connectivity index (χ1v) is 6.94. The molecule has 0 spiro atoms. The molecule has 3 rings (SSSR count). The van der Waals surface area contributed by atoms with Crippen LogP contribution in [0.4, 0.5) is 10.3 Å². The molecule has 0 fully saturated rings. The number of hydrogen-bond acceptors (Lipinski definition) is 3. The number of aryl methyl sites for hydroxylation is 1. The van der Waals surface area contributed by atoms with E-state index in [4.69, 9.17) is 11.0 Å². The summed E-state index contributed by atoms with van der Waals surface area (Å²) in [6, 6.07) is 10.4. The molecule has 0 bridgehead atoms. The molecular formula is C15H10BrFN4. The van der Waals surface area contributed by atoms with Crippen LogP contribution in [0, 0.1) is 24.1 Å². The molecule has 104 valence electrons. The van der Waals surface area contributed by atoms with E-state index in [1.54, 1.807) is 22.8 Å². The maximum absolute atomic E-state index is 13.6. The molecule has 1 aromatic heterocycles. The van der Waals surface area contributed by atoms with Crippen LogP contribution in [0.25, 0.3) is 16.7 Å². The Morgan fingerprint density at radius 1 is 1.33 bits per heavy atom. The van der Waals surface area contributed by atoms with E-state index in [0.717, 1.165) is 11.3 Å². The third-order valence-corrected chi connectivity index (χ3v) is 3.91. The first-order chi connectivity index (χ1) is 10.0. The van der Waals surface area contributed by atoms with Gasteiger partial charge in [0.05, 0.1) is 32.8 Å². The predicted molar refractivity (Wildman–Crippen MR) is 82.6 cm³/mol. The number of halogens is 2. The van der Waals surface area contributed by atoms with Crippen molar-refractivity contribution in [3.63, 3.8) is 0 Å². The number of nitrogens with zero attached hydrogens (tertiary/aromatic N) is 3. The van der Waals surface area contributed by atoms with Gasteiger partial charge in [-0.25, -0.2) is 9.37 Å². The molecule has 2 aromatic carbocycles. The maximum Gasteiger partial charge on any atom is 0.205 e. The van der Waals surface area contributed by atoms with Gasteiger partial charge >= 0.3 is 0 Å². The van der Waals surface area contributed by atoms with Crippen LogP contribution in [0.5, 0.6) is 0 Å². The normalized spacial score (nSPS) is 10.8. The second kappa shape index (κ2) is 4.86. The zero-order chi connectivity index (χ0) is 15.1. The minimum Gasteiger partial charge on any atom is -0.369 e. The van der Waals surface area contributed by atoms with E-state index in [0.29, 0.717) is 21.1 Å².